The molecule has 226 valence electrons. The molecule has 0 aliphatic carbocycles. The van der Waals surface area contributed by atoms with Gasteiger partial charge in [-0.25, -0.2) is 0 Å². The van der Waals surface area contributed by atoms with Crippen molar-refractivity contribution >= 4 is 49.6 Å². The lowest BCUT2D eigenvalue weighted by molar-refractivity contribution is 1.19. The Balaban J connectivity index is 1.29. The van der Waals surface area contributed by atoms with Gasteiger partial charge in [0, 0.05) is 33.4 Å². The number of anilines is 3. The fourth-order valence-electron chi connectivity index (χ4n) is 7.21. The maximum Gasteiger partial charge on any atom is 0.0547 e. The Bertz CT molecular complexity index is 2510. The molecule has 0 unspecified atom stereocenters. The molecule has 48 heavy (non-hydrogen) atoms. The van der Waals surface area contributed by atoms with E-state index in [1.165, 1.54) is 60.5 Å². The predicted molar refractivity (Wildman–Crippen MR) is 204 cm³/mol. The van der Waals surface area contributed by atoms with Crippen molar-refractivity contribution in [2.24, 2.45) is 0 Å². The summed E-state index contributed by atoms with van der Waals surface area (Å²) < 4.78 is 2.44. The zero-order valence-corrected chi connectivity index (χ0v) is 26.4. The molecule has 0 aliphatic heterocycles. The lowest BCUT2D eigenvalue weighted by Gasteiger charge is -2.27. The monoisotopic (exact) mass is 612 g/mol. The van der Waals surface area contributed by atoms with Crippen LogP contribution in [0.15, 0.2) is 194 Å². The molecule has 9 aromatic rings. The first-order valence-electron chi connectivity index (χ1n) is 16.4. The highest BCUT2D eigenvalue weighted by Crippen LogP contribution is 2.43. The van der Waals surface area contributed by atoms with E-state index in [2.05, 4.69) is 204 Å². The molecular formula is C46H32N2. The van der Waals surface area contributed by atoms with Gasteiger partial charge in [-0.1, -0.05) is 140 Å². The fourth-order valence-corrected chi connectivity index (χ4v) is 7.21. The smallest absolute Gasteiger partial charge is 0.0547 e. The molecule has 2 nitrogen and oxygen atoms in total. The summed E-state index contributed by atoms with van der Waals surface area (Å²) in [5.41, 5.74) is 11.7. The average Bonchev–Trinajstić information content (AvgIpc) is 3.50. The molecule has 8 aromatic carbocycles. The molecule has 0 amide bonds. The highest BCUT2D eigenvalue weighted by molar-refractivity contribution is 6.11. The van der Waals surface area contributed by atoms with Crippen molar-refractivity contribution in [2.75, 3.05) is 4.90 Å². The van der Waals surface area contributed by atoms with E-state index < -0.39 is 0 Å². The zero-order chi connectivity index (χ0) is 31.9. The maximum atomic E-state index is 2.44. The summed E-state index contributed by atoms with van der Waals surface area (Å²) in [6, 6.07) is 69.9. The number of para-hydroxylation sites is 3. The van der Waals surface area contributed by atoms with Gasteiger partial charge < -0.3 is 9.47 Å². The first-order valence-corrected chi connectivity index (χ1v) is 16.4. The number of nitrogens with zero attached hydrogens (tertiary/aromatic N) is 2. The van der Waals surface area contributed by atoms with Gasteiger partial charge in [0.1, 0.15) is 0 Å². The lowest BCUT2D eigenvalue weighted by Crippen LogP contribution is -2.10. The van der Waals surface area contributed by atoms with Crippen LogP contribution in [0.2, 0.25) is 0 Å². The van der Waals surface area contributed by atoms with Crippen molar-refractivity contribution in [3.05, 3.63) is 194 Å². The van der Waals surface area contributed by atoms with Gasteiger partial charge in [0.15, 0.2) is 0 Å². The van der Waals surface area contributed by atoms with Crippen LogP contribution in [0.4, 0.5) is 17.1 Å². The third kappa shape index (κ3) is 4.74. The van der Waals surface area contributed by atoms with Gasteiger partial charge in [-0.05, 0) is 82.1 Å². The van der Waals surface area contributed by atoms with Crippen LogP contribution in [-0.2, 0) is 0 Å². The fraction of sp³-hybridized carbons (Fsp3) is 0. The first kappa shape index (κ1) is 27.9. The second kappa shape index (κ2) is 11.8. The number of fused-ring (bicyclic) bond motifs is 4. The summed E-state index contributed by atoms with van der Waals surface area (Å²) in [5, 5.41) is 4.97. The summed E-state index contributed by atoms with van der Waals surface area (Å²) in [6.07, 6.45) is 0. The molecule has 9 rings (SSSR count). The molecule has 0 fully saturated rings. The normalized spacial score (nSPS) is 11.3. The summed E-state index contributed by atoms with van der Waals surface area (Å²) in [6.45, 7) is 0. The molecule has 0 atom stereocenters. The standard InChI is InChI=1S/C46H32N2/c1-3-15-33(16-4-1)35-18-13-22-38(31-35)47(37-20-5-2-6-21-37)39-23-14-19-36(32-39)46-40-24-8-7-17-34(40)29-30-45(46)48-43-27-11-9-25-41(43)42-26-10-12-28-44(42)48/h1-32H. The molecule has 0 radical (unpaired) electrons. The van der Waals surface area contributed by atoms with Crippen LogP contribution in [0, 0.1) is 0 Å². The predicted octanol–water partition coefficient (Wildman–Crippen LogP) is 12.7. The Morgan fingerprint density at radius 3 is 1.52 bits per heavy atom. The largest absolute Gasteiger partial charge is 0.310 e. The zero-order valence-electron chi connectivity index (χ0n) is 26.4. The van der Waals surface area contributed by atoms with Crippen molar-refractivity contribution in [1.29, 1.82) is 0 Å². The van der Waals surface area contributed by atoms with Crippen molar-refractivity contribution in [1.82, 2.24) is 4.57 Å². The van der Waals surface area contributed by atoms with Crippen molar-refractivity contribution in [3.8, 4) is 27.9 Å². The summed E-state index contributed by atoms with van der Waals surface area (Å²) in [7, 11) is 0. The van der Waals surface area contributed by atoms with Crippen molar-refractivity contribution in [2.45, 2.75) is 0 Å². The van der Waals surface area contributed by atoms with Crippen LogP contribution in [-0.4, -0.2) is 4.57 Å². The Kier molecular flexibility index (Phi) is 6.84. The lowest BCUT2D eigenvalue weighted by atomic mass is 9.95. The quantitative estimate of drug-likeness (QED) is 0.181. The SMILES string of the molecule is c1ccc(-c2cccc(N(c3ccccc3)c3cccc(-c4c(-n5c6ccccc6c6ccccc65)ccc5ccccc45)c3)c2)cc1. The van der Waals surface area contributed by atoms with E-state index in [1.807, 2.05) is 0 Å². The highest BCUT2D eigenvalue weighted by Gasteiger charge is 2.19. The Hall–Kier alpha value is -6.38. The second-order valence-corrected chi connectivity index (χ2v) is 12.2. The van der Waals surface area contributed by atoms with E-state index in [0.717, 1.165) is 17.1 Å². The molecule has 0 N–H and O–H groups in total. The number of hydrogen-bond donors (Lipinski definition) is 0. The maximum absolute atomic E-state index is 2.44. The van der Waals surface area contributed by atoms with Gasteiger partial charge in [-0.3, -0.25) is 0 Å². The van der Waals surface area contributed by atoms with Crippen LogP contribution in [0.3, 0.4) is 0 Å². The number of aromatic nitrogens is 1. The topological polar surface area (TPSA) is 8.17 Å². The van der Waals surface area contributed by atoms with E-state index in [-0.39, 0.29) is 0 Å². The van der Waals surface area contributed by atoms with Gasteiger partial charge in [0.05, 0.1) is 16.7 Å². The summed E-state index contributed by atoms with van der Waals surface area (Å²) >= 11 is 0. The molecule has 0 bridgehead atoms. The van der Waals surface area contributed by atoms with Gasteiger partial charge in [0.2, 0.25) is 0 Å². The third-order valence-corrected chi connectivity index (χ3v) is 9.35. The van der Waals surface area contributed by atoms with E-state index in [4.69, 9.17) is 0 Å². The molecule has 0 aliphatic rings. The van der Waals surface area contributed by atoms with Gasteiger partial charge in [0.25, 0.3) is 0 Å². The van der Waals surface area contributed by atoms with Crippen LogP contribution < -0.4 is 4.90 Å². The van der Waals surface area contributed by atoms with Gasteiger partial charge in [-0.2, -0.15) is 0 Å². The number of rotatable bonds is 6. The molecular weight excluding hydrogens is 581 g/mol. The number of benzene rings is 8. The third-order valence-electron chi connectivity index (χ3n) is 9.35. The van der Waals surface area contributed by atoms with Crippen LogP contribution in [0.1, 0.15) is 0 Å². The van der Waals surface area contributed by atoms with Gasteiger partial charge >= 0.3 is 0 Å². The average molecular weight is 613 g/mol. The first-order chi connectivity index (χ1) is 23.8. The number of hydrogen-bond acceptors (Lipinski definition) is 1. The van der Waals surface area contributed by atoms with Gasteiger partial charge in [-0.15, -0.1) is 0 Å². The minimum absolute atomic E-state index is 1.10. The van der Waals surface area contributed by atoms with E-state index >= 15 is 0 Å². The minimum atomic E-state index is 1.10. The van der Waals surface area contributed by atoms with Crippen molar-refractivity contribution < 1.29 is 0 Å². The molecule has 1 aromatic heterocycles. The van der Waals surface area contributed by atoms with Crippen LogP contribution in [0.25, 0.3) is 60.5 Å². The Morgan fingerprint density at radius 2 is 0.833 bits per heavy atom. The summed E-state index contributed by atoms with van der Waals surface area (Å²) in [4.78, 5) is 2.36. The Labute approximate surface area is 280 Å². The van der Waals surface area contributed by atoms with Crippen LogP contribution >= 0.6 is 0 Å². The molecule has 0 saturated carbocycles. The summed E-state index contributed by atoms with van der Waals surface area (Å²) in [5.74, 6) is 0. The minimum Gasteiger partial charge on any atom is -0.310 e. The van der Waals surface area contributed by atoms with Crippen molar-refractivity contribution in [3.63, 3.8) is 0 Å². The van der Waals surface area contributed by atoms with E-state index in [1.54, 1.807) is 0 Å². The molecule has 0 saturated heterocycles. The highest BCUT2D eigenvalue weighted by atomic mass is 15.1. The van der Waals surface area contributed by atoms with E-state index in [9.17, 15) is 0 Å². The van der Waals surface area contributed by atoms with E-state index in [0.29, 0.717) is 0 Å². The Morgan fingerprint density at radius 1 is 0.333 bits per heavy atom. The van der Waals surface area contributed by atoms with Crippen LogP contribution in [0.5, 0.6) is 0 Å². The second-order valence-electron chi connectivity index (χ2n) is 12.2. The molecule has 2 heteroatoms. The molecule has 0 spiro atoms. The molecule has 1 heterocycles.